The predicted molar refractivity (Wildman–Crippen MR) is 234 cm³/mol. The van der Waals surface area contributed by atoms with Gasteiger partial charge in [0, 0.05) is 41.2 Å². The number of aliphatic imine (C=N–C) groups is 2. The Morgan fingerprint density at radius 2 is 1.22 bits per heavy atom. The summed E-state index contributed by atoms with van der Waals surface area (Å²) in [5.41, 5.74) is 8.65. The average molecular weight is 842 g/mol. The molecular formula is C44H43N9O5S2. The molecule has 7 heterocycles. The van der Waals surface area contributed by atoms with Gasteiger partial charge in [0.05, 0.1) is 55.4 Å². The Hall–Kier alpha value is -6.00. The van der Waals surface area contributed by atoms with Gasteiger partial charge in [0.25, 0.3) is 0 Å². The number of nitrogens with one attached hydrogen (secondary N) is 2. The molecular weight excluding hydrogens is 799 g/mol. The number of hydrogen-bond donors (Lipinski definition) is 3. The number of aliphatic carboxylic acids is 1. The number of aromatic nitrogens is 4. The molecule has 14 nitrogen and oxygen atoms in total. The van der Waals surface area contributed by atoms with E-state index in [0.717, 1.165) is 128 Å². The smallest absolute Gasteiger partial charge is 0.306 e. The Morgan fingerprint density at radius 1 is 0.717 bits per heavy atom. The molecule has 11 rings (SSSR count). The number of carbonyl (C=O) groups excluding carboxylic acids is 1. The first-order chi connectivity index (χ1) is 29.3. The van der Waals surface area contributed by atoms with Crippen LogP contribution in [-0.2, 0) is 48.4 Å². The van der Waals surface area contributed by atoms with Gasteiger partial charge < -0.3 is 30.1 Å². The molecule has 6 aromatic rings. The number of thiophene rings is 2. The van der Waals surface area contributed by atoms with Crippen molar-refractivity contribution < 1.29 is 24.2 Å². The van der Waals surface area contributed by atoms with E-state index >= 15 is 0 Å². The van der Waals surface area contributed by atoms with Crippen molar-refractivity contribution in [2.45, 2.75) is 64.5 Å². The summed E-state index contributed by atoms with van der Waals surface area (Å²) in [6.45, 7) is 3.20. The molecule has 16 heteroatoms. The van der Waals surface area contributed by atoms with E-state index in [1.807, 2.05) is 30.6 Å². The maximum absolute atomic E-state index is 13.0. The van der Waals surface area contributed by atoms with E-state index in [2.05, 4.69) is 51.5 Å². The lowest BCUT2D eigenvalue weighted by atomic mass is 9.87. The lowest BCUT2D eigenvalue weighted by molar-refractivity contribution is -0.142. The lowest BCUT2D eigenvalue weighted by Gasteiger charge is -2.26. The summed E-state index contributed by atoms with van der Waals surface area (Å²) < 4.78 is 11.2. The molecule has 0 saturated carbocycles. The Morgan fingerprint density at radius 3 is 1.72 bits per heavy atom. The minimum Gasteiger partial charge on any atom is -0.495 e. The SMILES string of the molecule is COc1cc2c(cc1Nc1ncnc3sc4c(c13)CC[C@H](C(=O)N1CCCC1)C4)C=NC2.COc1cc2c(cc1Nc1ncnc3sc4c(c13)CC[C@H](C(=O)O)C4)C=NC2. The van der Waals surface area contributed by atoms with Crippen molar-refractivity contribution in [3.63, 3.8) is 0 Å². The molecule has 5 aliphatic rings. The first kappa shape index (κ1) is 38.2. The maximum Gasteiger partial charge on any atom is 0.306 e. The summed E-state index contributed by atoms with van der Waals surface area (Å²) in [5.74, 6) is 2.42. The molecule has 0 bridgehead atoms. The lowest BCUT2D eigenvalue weighted by Crippen LogP contribution is -2.36. The van der Waals surface area contributed by atoms with E-state index in [-0.39, 0.29) is 11.8 Å². The molecule has 1 fully saturated rings. The maximum atomic E-state index is 13.0. The van der Waals surface area contributed by atoms with Gasteiger partial charge in [0.1, 0.15) is 45.5 Å². The Bertz CT molecular complexity index is 2760. The van der Waals surface area contributed by atoms with Gasteiger partial charge >= 0.3 is 5.97 Å². The number of carbonyl (C=O) groups is 2. The van der Waals surface area contributed by atoms with Crippen LogP contribution in [0.25, 0.3) is 20.4 Å². The van der Waals surface area contributed by atoms with E-state index < -0.39 is 5.97 Å². The number of ether oxygens (including phenoxy) is 2. The second kappa shape index (κ2) is 15.9. The third-order valence-electron chi connectivity index (χ3n) is 12.2. The van der Waals surface area contributed by atoms with E-state index in [4.69, 9.17) is 9.47 Å². The Balaban J connectivity index is 0.000000146. The third kappa shape index (κ3) is 7.00. The fraction of sp³-hybridized carbons (Fsp3) is 0.364. The third-order valence-corrected chi connectivity index (χ3v) is 14.5. The van der Waals surface area contributed by atoms with Crippen molar-refractivity contribution in [3.8, 4) is 11.5 Å². The van der Waals surface area contributed by atoms with Crippen LogP contribution in [0.5, 0.6) is 11.5 Å². The predicted octanol–water partition coefficient (Wildman–Crippen LogP) is 7.67. The number of carboxylic acids is 1. The highest BCUT2D eigenvalue weighted by Gasteiger charge is 2.33. The molecule has 2 aliphatic carbocycles. The largest absolute Gasteiger partial charge is 0.495 e. The van der Waals surface area contributed by atoms with Crippen molar-refractivity contribution in [1.82, 2.24) is 24.8 Å². The number of aryl methyl sites for hydroxylation is 2. The first-order valence-corrected chi connectivity index (χ1v) is 22.0. The molecule has 4 aromatic heterocycles. The standard InChI is InChI=1S/C24H25N5O2S.C20H18N4O3S/c1-31-19-9-16-12-25-11-15(16)8-18(19)28-22-21-17-5-4-14(24(30)29-6-2-3-7-29)10-20(17)32-23(21)27-13-26-22;1-27-15-5-12-8-21-7-11(12)4-14(15)24-18-17-13-3-2-10(20(25)26)6-16(13)28-19(17)23-9-22-18/h8-9,11,13-14H,2-7,10,12H2,1H3,(H,26,27,28);4-5,7,9-10H,2-3,6,8H2,1H3,(H,25,26)(H,22,23,24)/t14-;10-/m00/s1. The van der Waals surface area contributed by atoms with Gasteiger partial charge in [-0.2, -0.15) is 0 Å². The van der Waals surface area contributed by atoms with Crippen LogP contribution in [-0.4, -0.2) is 81.6 Å². The first-order valence-electron chi connectivity index (χ1n) is 20.3. The molecule has 306 valence electrons. The number of anilines is 4. The van der Waals surface area contributed by atoms with E-state index in [1.165, 1.54) is 21.6 Å². The van der Waals surface area contributed by atoms with Crippen LogP contribution in [0.3, 0.4) is 0 Å². The zero-order valence-corrected chi connectivity index (χ0v) is 34.9. The number of hydrogen-bond acceptors (Lipinski definition) is 14. The van der Waals surface area contributed by atoms with Crippen LogP contribution < -0.4 is 20.1 Å². The summed E-state index contributed by atoms with van der Waals surface area (Å²) >= 11 is 3.27. The topological polar surface area (TPSA) is 176 Å². The molecule has 3 N–H and O–H groups in total. The number of benzene rings is 2. The number of fused-ring (bicyclic) bond motifs is 8. The van der Waals surface area contributed by atoms with Crippen LogP contribution in [0, 0.1) is 11.8 Å². The normalized spacial score (nSPS) is 18.4. The summed E-state index contributed by atoms with van der Waals surface area (Å²) in [5, 5.41) is 18.4. The quantitative estimate of drug-likeness (QED) is 0.137. The number of carboxylic acid groups (broad SMARTS) is 1. The van der Waals surface area contributed by atoms with E-state index in [9.17, 15) is 14.7 Å². The average Bonchev–Trinajstić information content (AvgIpc) is 4.12. The number of likely N-dealkylation sites (tertiary alicyclic amines) is 1. The molecule has 0 unspecified atom stereocenters. The van der Waals surface area contributed by atoms with Crippen LogP contribution in [0.1, 0.15) is 68.8 Å². The van der Waals surface area contributed by atoms with Crippen LogP contribution in [0.15, 0.2) is 46.9 Å². The van der Waals surface area contributed by atoms with Gasteiger partial charge in [-0.25, -0.2) is 19.9 Å². The van der Waals surface area contributed by atoms with Gasteiger partial charge in [-0.3, -0.25) is 19.6 Å². The summed E-state index contributed by atoms with van der Waals surface area (Å²) in [6, 6.07) is 8.14. The van der Waals surface area contributed by atoms with Crippen LogP contribution in [0.2, 0.25) is 0 Å². The van der Waals surface area contributed by atoms with Crippen molar-refractivity contribution in [3.05, 3.63) is 80.1 Å². The van der Waals surface area contributed by atoms with Gasteiger partial charge in [-0.15, -0.1) is 22.7 Å². The van der Waals surface area contributed by atoms with Crippen LogP contribution >= 0.6 is 22.7 Å². The summed E-state index contributed by atoms with van der Waals surface area (Å²) in [6.07, 6.45) is 13.7. The minimum atomic E-state index is -0.725. The summed E-state index contributed by atoms with van der Waals surface area (Å²) in [4.78, 5) is 57.4. The van der Waals surface area contributed by atoms with E-state index in [1.54, 1.807) is 49.5 Å². The second-order valence-corrected chi connectivity index (χ2v) is 17.9. The monoisotopic (exact) mass is 841 g/mol. The van der Waals surface area contributed by atoms with Crippen molar-refractivity contribution >= 4 is 90.4 Å². The van der Waals surface area contributed by atoms with Crippen LogP contribution in [0.4, 0.5) is 23.0 Å². The van der Waals surface area contributed by atoms with Crippen molar-refractivity contribution in [2.75, 3.05) is 37.9 Å². The minimum absolute atomic E-state index is 0.0918. The zero-order valence-electron chi connectivity index (χ0n) is 33.3. The molecule has 1 amide bonds. The van der Waals surface area contributed by atoms with Gasteiger partial charge in [-0.05, 0) is 109 Å². The van der Waals surface area contributed by atoms with E-state index in [0.29, 0.717) is 31.8 Å². The zero-order chi connectivity index (χ0) is 40.9. The summed E-state index contributed by atoms with van der Waals surface area (Å²) in [7, 11) is 3.33. The van der Waals surface area contributed by atoms with Gasteiger partial charge in [-0.1, -0.05) is 0 Å². The molecule has 3 aliphatic heterocycles. The molecule has 2 atom stereocenters. The molecule has 0 radical (unpaired) electrons. The van der Waals surface area contributed by atoms with Gasteiger partial charge in [0.15, 0.2) is 0 Å². The molecule has 2 aromatic carbocycles. The Labute approximate surface area is 353 Å². The molecule has 0 spiro atoms. The number of nitrogens with zero attached hydrogens (tertiary/aromatic N) is 7. The number of rotatable bonds is 8. The fourth-order valence-corrected chi connectivity index (χ4v) is 11.6. The number of amides is 1. The highest BCUT2D eigenvalue weighted by molar-refractivity contribution is 7.19. The van der Waals surface area contributed by atoms with Gasteiger partial charge in [0.2, 0.25) is 5.91 Å². The van der Waals surface area contributed by atoms with Crippen molar-refractivity contribution in [1.29, 1.82) is 0 Å². The second-order valence-electron chi connectivity index (χ2n) is 15.8. The fourth-order valence-electron chi connectivity index (χ4n) is 9.09. The Kier molecular flexibility index (Phi) is 10.1. The highest BCUT2D eigenvalue weighted by Crippen LogP contribution is 2.44. The number of methoxy groups -OCH3 is 2. The highest BCUT2D eigenvalue weighted by atomic mass is 32.1. The van der Waals surface area contributed by atoms with Crippen molar-refractivity contribution in [2.24, 2.45) is 21.8 Å². The molecule has 1 saturated heterocycles. The molecule has 60 heavy (non-hydrogen) atoms.